The van der Waals surface area contributed by atoms with Crippen LogP contribution < -0.4 is 15.0 Å². The topological polar surface area (TPSA) is 41.6 Å². The Morgan fingerprint density at radius 3 is 2.32 bits per heavy atom. The summed E-state index contributed by atoms with van der Waals surface area (Å²) in [6, 6.07) is 17.3. The van der Waals surface area contributed by atoms with Crippen molar-refractivity contribution < 1.29 is 9.53 Å². The molecule has 0 heterocycles. The van der Waals surface area contributed by atoms with E-state index >= 15 is 0 Å². The number of urea groups is 1. The molecule has 2 aromatic rings. The van der Waals surface area contributed by atoms with Crippen molar-refractivity contribution in [1.82, 2.24) is 5.32 Å². The van der Waals surface area contributed by atoms with Gasteiger partial charge in [-0.1, -0.05) is 30.3 Å². The molecule has 0 aliphatic carbocycles. The molecule has 22 heavy (non-hydrogen) atoms. The fourth-order valence-corrected chi connectivity index (χ4v) is 2.19. The van der Waals surface area contributed by atoms with E-state index in [1.165, 1.54) is 0 Å². The zero-order valence-corrected chi connectivity index (χ0v) is 13.1. The van der Waals surface area contributed by atoms with E-state index in [0.29, 0.717) is 19.7 Å². The van der Waals surface area contributed by atoms with Gasteiger partial charge in [-0.05, 0) is 43.7 Å². The van der Waals surface area contributed by atoms with E-state index in [4.69, 9.17) is 4.74 Å². The number of nitrogens with zero attached hydrogens (tertiary/aromatic N) is 1. The highest BCUT2D eigenvalue weighted by molar-refractivity contribution is 5.91. The van der Waals surface area contributed by atoms with Gasteiger partial charge >= 0.3 is 6.03 Å². The van der Waals surface area contributed by atoms with Crippen LogP contribution >= 0.6 is 0 Å². The number of ether oxygens (including phenoxy) is 1. The molecule has 0 radical (unpaired) electrons. The number of rotatable bonds is 6. The lowest BCUT2D eigenvalue weighted by Crippen LogP contribution is -2.39. The van der Waals surface area contributed by atoms with Crippen LogP contribution in [0.2, 0.25) is 0 Å². The number of benzene rings is 2. The Labute approximate surface area is 131 Å². The molecule has 0 atom stereocenters. The Hall–Kier alpha value is -2.49. The normalized spacial score (nSPS) is 10.1. The first kappa shape index (κ1) is 15.9. The maximum Gasteiger partial charge on any atom is 0.322 e. The Bertz CT molecular complexity index is 582. The number of anilines is 1. The van der Waals surface area contributed by atoms with E-state index < -0.39 is 0 Å². The van der Waals surface area contributed by atoms with Crippen molar-refractivity contribution in [3.05, 3.63) is 60.2 Å². The van der Waals surface area contributed by atoms with E-state index in [1.807, 2.05) is 68.4 Å². The Morgan fingerprint density at radius 1 is 1.05 bits per heavy atom. The van der Waals surface area contributed by atoms with Crippen molar-refractivity contribution in [2.45, 2.75) is 20.4 Å². The lowest BCUT2D eigenvalue weighted by atomic mass is 10.2. The van der Waals surface area contributed by atoms with E-state index in [2.05, 4.69) is 5.32 Å². The fourth-order valence-electron chi connectivity index (χ4n) is 2.19. The van der Waals surface area contributed by atoms with Gasteiger partial charge in [-0.25, -0.2) is 4.79 Å². The molecule has 4 nitrogen and oxygen atoms in total. The van der Waals surface area contributed by atoms with Crippen LogP contribution in [0.25, 0.3) is 0 Å². The molecule has 116 valence electrons. The Kier molecular flexibility index (Phi) is 5.83. The van der Waals surface area contributed by atoms with Crippen molar-refractivity contribution in [3.63, 3.8) is 0 Å². The van der Waals surface area contributed by atoms with Crippen LogP contribution in [0, 0.1) is 0 Å². The van der Waals surface area contributed by atoms with Gasteiger partial charge in [0, 0.05) is 18.8 Å². The third-order valence-electron chi connectivity index (χ3n) is 3.31. The maximum absolute atomic E-state index is 12.3. The molecule has 2 aromatic carbocycles. The average Bonchev–Trinajstić information content (AvgIpc) is 2.56. The molecule has 2 rings (SSSR count). The lowest BCUT2D eigenvalue weighted by Gasteiger charge is -2.21. The van der Waals surface area contributed by atoms with Crippen LogP contribution in [-0.4, -0.2) is 19.2 Å². The quantitative estimate of drug-likeness (QED) is 0.881. The molecule has 0 saturated heterocycles. The van der Waals surface area contributed by atoms with Crippen LogP contribution in [0.1, 0.15) is 19.4 Å². The van der Waals surface area contributed by atoms with Crippen LogP contribution in [0.3, 0.4) is 0 Å². The molecule has 0 aliphatic rings. The van der Waals surface area contributed by atoms with Crippen LogP contribution in [0.15, 0.2) is 54.6 Å². The molecule has 0 aromatic heterocycles. The molecule has 1 N–H and O–H groups in total. The number of carbonyl (C=O) groups excluding carboxylic acids is 1. The SMILES string of the molecule is CCOc1ccc(CNC(=O)N(CC)c2ccccc2)cc1. The van der Waals surface area contributed by atoms with Crippen molar-refractivity contribution >= 4 is 11.7 Å². The predicted octanol–water partition coefficient (Wildman–Crippen LogP) is 3.82. The molecular formula is C18H22N2O2. The summed E-state index contributed by atoms with van der Waals surface area (Å²) in [7, 11) is 0. The van der Waals surface area contributed by atoms with E-state index in [0.717, 1.165) is 17.0 Å². The summed E-state index contributed by atoms with van der Waals surface area (Å²) in [4.78, 5) is 14.0. The third-order valence-corrected chi connectivity index (χ3v) is 3.31. The Balaban J connectivity index is 1.93. The number of nitrogens with one attached hydrogen (secondary N) is 1. The van der Waals surface area contributed by atoms with Gasteiger partial charge in [0.1, 0.15) is 5.75 Å². The summed E-state index contributed by atoms with van der Waals surface area (Å²) < 4.78 is 5.40. The predicted molar refractivity (Wildman–Crippen MR) is 89.3 cm³/mol. The minimum Gasteiger partial charge on any atom is -0.494 e. The van der Waals surface area contributed by atoms with Gasteiger partial charge in [-0.15, -0.1) is 0 Å². The van der Waals surface area contributed by atoms with Crippen LogP contribution in [0.4, 0.5) is 10.5 Å². The molecule has 0 fully saturated rings. The first-order valence-corrected chi connectivity index (χ1v) is 7.56. The molecule has 0 unspecified atom stereocenters. The highest BCUT2D eigenvalue weighted by Gasteiger charge is 2.12. The summed E-state index contributed by atoms with van der Waals surface area (Å²) in [6.07, 6.45) is 0. The number of amides is 2. The molecule has 4 heteroatoms. The van der Waals surface area contributed by atoms with Crippen LogP contribution in [-0.2, 0) is 6.54 Å². The second-order valence-corrected chi connectivity index (χ2v) is 4.82. The van der Waals surface area contributed by atoms with Gasteiger partial charge in [-0.3, -0.25) is 4.90 Å². The van der Waals surface area contributed by atoms with Crippen molar-refractivity contribution in [2.75, 3.05) is 18.1 Å². The highest BCUT2D eigenvalue weighted by atomic mass is 16.5. The lowest BCUT2D eigenvalue weighted by molar-refractivity contribution is 0.246. The maximum atomic E-state index is 12.3. The summed E-state index contributed by atoms with van der Waals surface area (Å²) in [6.45, 7) is 5.69. The van der Waals surface area contributed by atoms with E-state index in [9.17, 15) is 4.79 Å². The highest BCUT2D eigenvalue weighted by Crippen LogP contribution is 2.14. The second kappa shape index (κ2) is 8.08. The summed E-state index contributed by atoms with van der Waals surface area (Å²) in [5.41, 5.74) is 1.94. The summed E-state index contributed by atoms with van der Waals surface area (Å²) >= 11 is 0. The van der Waals surface area contributed by atoms with Crippen LogP contribution in [0.5, 0.6) is 5.75 Å². The van der Waals surface area contributed by atoms with E-state index in [-0.39, 0.29) is 6.03 Å². The van der Waals surface area contributed by atoms with Gasteiger partial charge in [-0.2, -0.15) is 0 Å². The standard InChI is InChI=1S/C18H22N2O2/c1-3-20(16-8-6-5-7-9-16)18(21)19-14-15-10-12-17(13-11-15)22-4-2/h5-13H,3-4,14H2,1-2H3,(H,19,21). The van der Waals surface area contributed by atoms with Crippen molar-refractivity contribution in [2.24, 2.45) is 0 Å². The van der Waals surface area contributed by atoms with Gasteiger partial charge in [0.25, 0.3) is 0 Å². The third kappa shape index (κ3) is 4.25. The van der Waals surface area contributed by atoms with E-state index in [1.54, 1.807) is 4.90 Å². The minimum absolute atomic E-state index is 0.0948. The minimum atomic E-state index is -0.0948. The van der Waals surface area contributed by atoms with Gasteiger partial charge in [0.2, 0.25) is 0 Å². The number of hydrogen-bond acceptors (Lipinski definition) is 2. The molecule has 0 saturated carbocycles. The van der Waals surface area contributed by atoms with Gasteiger partial charge in [0.15, 0.2) is 0 Å². The average molecular weight is 298 g/mol. The molecular weight excluding hydrogens is 276 g/mol. The largest absolute Gasteiger partial charge is 0.494 e. The van der Waals surface area contributed by atoms with Gasteiger partial charge in [0.05, 0.1) is 6.61 Å². The molecule has 0 bridgehead atoms. The zero-order chi connectivity index (χ0) is 15.8. The monoisotopic (exact) mass is 298 g/mol. The number of hydrogen-bond donors (Lipinski definition) is 1. The molecule has 0 aliphatic heterocycles. The fraction of sp³-hybridized carbons (Fsp3) is 0.278. The summed E-state index contributed by atoms with van der Waals surface area (Å²) in [5.74, 6) is 0.844. The smallest absolute Gasteiger partial charge is 0.322 e. The number of para-hydroxylation sites is 1. The van der Waals surface area contributed by atoms with Crippen molar-refractivity contribution in [3.8, 4) is 5.75 Å². The first-order valence-electron chi connectivity index (χ1n) is 7.56. The zero-order valence-electron chi connectivity index (χ0n) is 13.1. The summed E-state index contributed by atoms with van der Waals surface area (Å²) in [5, 5.41) is 2.95. The first-order chi connectivity index (χ1) is 10.7. The van der Waals surface area contributed by atoms with Crippen molar-refractivity contribution in [1.29, 1.82) is 0 Å². The molecule has 0 spiro atoms. The Morgan fingerprint density at radius 2 is 1.73 bits per heavy atom. The molecule has 2 amide bonds. The van der Waals surface area contributed by atoms with Gasteiger partial charge < -0.3 is 10.1 Å². The number of carbonyl (C=O) groups is 1. The second-order valence-electron chi connectivity index (χ2n) is 4.82.